The van der Waals surface area contributed by atoms with Crippen LogP contribution in [0.25, 0.3) is 0 Å². The molecule has 0 spiro atoms. The number of fused-ring (bicyclic) bond motifs is 1. The topological polar surface area (TPSA) is 49.8 Å². The number of nitrogens with zero attached hydrogens (tertiary/aromatic N) is 1. The van der Waals surface area contributed by atoms with Crippen molar-refractivity contribution in [3.8, 4) is 0 Å². The van der Waals surface area contributed by atoms with E-state index in [2.05, 4.69) is 4.90 Å². The molecule has 2 rings (SSSR count). The molecular weight excluding hydrogens is 242 g/mol. The second kappa shape index (κ2) is 6.17. The summed E-state index contributed by atoms with van der Waals surface area (Å²) < 4.78 is 5.56. The van der Waals surface area contributed by atoms with E-state index in [1.54, 1.807) is 12.1 Å². The molecule has 0 unspecified atom stereocenters. The Kier molecular flexibility index (Phi) is 4.56. The van der Waals surface area contributed by atoms with Crippen molar-refractivity contribution in [2.45, 2.75) is 32.9 Å². The van der Waals surface area contributed by atoms with E-state index in [1.165, 1.54) is 5.56 Å². The summed E-state index contributed by atoms with van der Waals surface area (Å²) in [4.78, 5) is 13.3. The average Bonchev–Trinajstić information content (AvgIpc) is 2.37. The second-order valence-electron chi connectivity index (χ2n) is 5.23. The van der Waals surface area contributed by atoms with Gasteiger partial charge in [-0.05, 0) is 43.5 Å². The summed E-state index contributed by atoms with van der Waals surface area (Å²) in [6.45, 7) is 7.52. The van der Waals surface area contributed by atoms with E-state index in [0.29, 0.717) is 5.56 Å². The third-order valence-corrected chi connectivity index (χ3v) is 3.40. The van der Waals surface area contributed by atoms with Gasteiger partial charge < -0.3 is 9.84 Å². The lowest BCUT2D eigenvalue weighted by Gasteiger charge is -2.29. The number of carboxylic acids is 1. The Morgan fingerprint density at radius 3 is 2.89 bits per heavy atom. The first-order valence-electron chi connectivity index (χ1n) is 6.75. The maximum atomic E-state index is 11.0. The maximum Gasteiger partial charge on any atom is 0.335 e. The van der Waals surface area contributed by atoms with Crippen LogP contribution < -0.4 is 0 Å². The van der Waals surface area contributed by atoms with Gasteiger partial charge in [-0.3, -0.25) is 4.90 Å². The van der Waals surface area contributed by atoms with E-state index in [0.717, 1.165) is 38.2 Å². The van der Waals surface area contributed by atoms with E-state index >= 15 is 0 Å². The third-order valence-electron chi connectivity index (χ3n) is 3.40. The molecule has 1 N–H and O–H groups in total. The SMILES string of the molecule is CC(C)OCCN1CCc2ccc(C(=O)O)cc2C1. The van der Waals surface area contributed by atoms with Gasteiger partial charge in [-0.25, -0.2) is 4.79 Å². The molecule has 104 valence electrons. The first-order valence-corrected chi connectivity index (χ1v) is 6.75. The van der Waals surface area contributed by atoms with Crippen LogP contribution in [0.3, 0.4) is 0 Å². The summed E-state index contributed by atoms with van der Waals surface area (Å²) in [6.07, 6.45) is 1.24. The van der Waals surface area contributed by atoms with Gasteiger partial charge in [0.1, 0.15) is 0 Å². The minimum Gasteiger partial charge on any atom is -0.478 e. The highest BCUT2D eigenvalue weighted by molar-refractivity contribution is 5.87. The molecule has 1 aliphatic rings. The Balaban J connectivity index is 1.97. The number of hydrogen-bond acceptors (Lipinski definition) is 3. The number of rotatable bonds is 5. The summed E-state index contributed by atoms with van der Waals surface area (Å²) in [5, 5.41) is 9.02. The fourth-order valence-corrected chi connectivity index (χ4v) is 2.36. The minimum atomic E-state index is -0.858. The molecular formula is C15H21NO3. The van der Waals surface area contributed by atoms with Crippen molar-refractivity contribution in [1.29, 1.82) is 0 Å². The molecule has 1 aliphatic heterocycles. The highest BCUT2D eigenvalue weighted by atomic mass is 16.5. The summed E-state index contributed by atoms with van der Waals surface area (Å²) >= 11 is 0. The quantitative estimate of drug-likeness (QED) is 0.884. The molecule has 0 aliphatic carbocycles. The molecule has 4 heteroatoms. The van der Waals surface area contributed by atoms with Crippen LogP contribution in [0, 0.1) is 0 Å². The fraction of sp³-hybridized carbons (Fsp3) is 0.533. The first-order chi connectivity index (χ1) is 9.06. The van der Waals surface area contributed by atoms with Gasteiger partial charge in [-0.1, -0.05) is 6.07 Å². The Morgan fingerprint density at radius 2 is 2.21 bits per heavy atom. The Bertz CT molecular complexity index is 457. The van der Waals surface area contributed by atoms with Gasteiger partial charge in [-0.15, -0.1) is 0 Å². The van der Waals surface area contributed by atoms with Gasteiger partial charge in [0.15, 0.2) is 0 Å². The molecule has 0 saturated carbocycles. The van der Waals surface area contributed by atoms with Crippen LogP contribution in [0.15, 0.2) is 18.2 Å². The van der Waals surface area contributed by atoms with Crippen molar-refractivity contribution in [3.63, 3.8) is 0 Å². The molecule has 0 amide bonds. The van der Waals surface area contributed by atoms with Crippen molar-refractivity contribution in [1.82, 2.24) is 4.90 Å². The molecule has 0 radical (unpaired) electrons. The molecule has 1 heterocycles. The van der Waals surface area contributed by atoms with Crippen molar-refractivity contribution in [2.24, 2.45) is 0 Å². The molecule has 0 aromatic heterocycles. The summed E-state index contributed by atoms with van der Waals surface area (Å²) in [5.41, 5.74) is 2.78. The third kappa shape index (κ3) is 3.78. The van der Waals surface area contributed by atoms with Crippen molar-refractivity contribution in [3.05, 3.63) is 34.9 Å². The number of carbonyl (C=O) groups is 1. The molecule has 0 atom stereocenters. The number of aromatic carboxylic acids is 1. The van der Waals surface area contributed by atoms with Gasteiger partial charge in [0.05, 0.1) is 18.3 Å². The predicted molar refractivity (Wildman–Crippen MR) is 73.5 cm³/mol. The summed E-state index contributed by atoms with van der Waals surface area (Å²) in [6, 6.07) is 5.44. The summed E-state index contributed by atoms with van der Waals surface area (Å²) in [7, 11) is 0. The Hall–Kier alpha value is -1.39. The lowest BCUT2D eigenvalue weighted by molar-refractivity contribution is 0.0562. The largest absolute Gasteiger partial charge is 0.478 e. The maximum absolute atomic E-state index is 11.0. The van der Waals surface area contributed by atoms with Crippen molar-refractivity contribution in [2.75, 3.05) is 19.7 Å². The lowest BCUT2D eigenvalue weighted by atomic mass is 9.97. The van der Waals surface area contributed by atoms with Crippen LogP contribution >= 0.6 is 0 Å². The van der Waals surface area contributed by atoms with Crippen LogP contribution in [0.2, 0.25) is 0 Å². The van der Waals surface area contributed by atoms with E-state index in [1.807, 2.05) is 19.9 Å². The van der Waals surface area contributed by atoms with Gasteiger partial charge in [0.2, 0.25) is 0 Å². The average molecular weight is 263 g/mol. The highest BCUT2D eigenvalue weighted by Gasteiger charge is 2.17. The zero-order valence-corrected chi connectivity index (χ0v) is 11.6. The number of ether oxygens (including phenoxy) is 1. The highest BCUT2D eigenvalue weighted by Crippen LogP contribution is 2.20. The smallest absolute Gasteiger partial charge is 0.335 e. The first kappa shape index (κ1) is 14.0. The zero-order chi connectivity index (χ0) is 13.8. The van der Waals surface area contributed by atoms with E-state index in [4.69, 9.17) is 9.84 Å². The Morgan fingerprint density at radius 1 is 1.42 bits per heavy atom. The van der Waals surface area contributed by atoms with Gasteiger partial charge in [0, 0.05) is 19.6 Å². The molecule has 1 aromatic rings. The van der Waals surface area contributed by atoms with Crippen molar-refractivity contribution >= 4 is 5.97 Å². The van der Waals surface area contributed by atoms with E-state index < -0.39 is 5.97 Å². The number of carboxylic acid groups (broad SMARTS) is 1. The Labute approximate surface area is 114 Å². The van der Waals surface area contributed by atoms with E-state index in [-0.39, 0.29) is 6.10 Å². The van der Waals surface area contributed by atoms with Crippen LogP contribution in [-0.4, -0.2) is 41.8 Å². The number of benzene rings is 1. The van der Waals surface area contributed by atoms with E-state index in [9.17, 15) is 4.79 Å². The fourth-order valence-electron chi connectivity index (χ4n) is 2.36. The van der Waals surface area contributed by atoms with Gasteiger partial charge in [0.25, 0.3) is 0 Å². The van der Waals surface area contributed by atoms with Crippen LogP contribution in [0.1, 0.15) is 35.3 Å². The normalized spacial score (nSPS) is 15.5. The molecule has 0 bridgehead atoms. The van der Waals surface area contributed by atoms with Gasteiger partial charge in [-0.2, -0.15) is 0 Å². The standard InChI is InChI=1S/C15H21NO3/c1-11(2)19-8-7-16-6-5-12-3-4-13(15(17)18)9-14(12)10-16/h3-4,9,11H,5-8,10H2,1-2H3,(H,17,18). The molecule has 0 saturated heterocycles. The predicted octanol–water partition coefficient (Wildman–Crippen LogP) is 2.17. The summed E-state index contributed by atoms with van der Waals surface area (Å²) in [5.74, 6) is -0.858. The molecule has 0 fully saturated rings. The molecule has 19 heavy (non-hydrogen) atoms. The van der Waals surface area contributed by atoms with Crippen LogP contribution in [-0.2, 0) is 17.7 Å². The van der Waals surface area contributed by atoms with Crippen molar-refractivity contribution < 1.29 is 14.6 Å². The monoisotopic (exact) mass is 263 g/mol. The van der Waals surface area contributed by atoms with Crippen LogP contribution in [0.4, 0.5) is 0 Å². The second-order valence-corrected chi connectivity index (χ2v) is 5.23. The molecule has 4 nitrogen and oxygen atoms in total. The van der Waals surface area contributed by atoms with Gasteiger partial charge >= 0.3 is 5.97 Å². The minimum absolute atomic E-state index is 0.260. The molecule has 1 aromatic carbocycles. The number of hydrogen-bond donors (Lipinski definition) is 1. The lowest BCUT2D eigenvalue weighted by Crippen LogP contribution is -2.33. The zero-order valence-electron chi connectivity index (χ0n) is 11.6. The van der Waals surface area contributed by atoms with Crippen LogP contribution in [0.5, 0.6) is 0 Å².